The first-order valence-corrected chi connectivity index (χ1v) is 6.96. The molecule has 2 nitrogen and oxygen atoms in total. The molecule has 0 radical (unpaired) electrons. The van der Waals surface area contributed by atoms with Gasteiger partial charge in [-0.1, -0.05) is 15.9 Å². The zero-order valence-electron chi connectivity index (χ0n) is 9.45. The van der Waals surface area contributed by atoms with Gasteiger partial charge in [-0.3, -0.25) is 0 Å². The highest BCUT2D eigenvalue weighted by molar-refractivity contribution is 9.10. The number of nitrogen functional groups attached to an aromatic ring is 1. The SMILES string of the molecule is Nc1cc(-c2nc3cc(Br)ccc3s2)c(F)cc1F. The summed E-state index contributed by atoms with van der Waals surface area (Å²) in [6.45, 7) is 0. The van der Waals surface area contributed by atoms with Crippen LogP contribution in [0.5, 0.6) is 0 Å². The second-order valence-electron chi connectivity index (χ2n) is 3.98. The third kappa shape index (κ3) is 2.21. The van der Waals surface area contributed by atoms with Gasteiger partial charge in [0, 0.05) is 16.1 Å². The van der Waals surface area contributed by atoms with Crippen molar-refractivity contribution in [1.82, 2.24) is 4.98 Å². The molecule has 0 saturated carbocycles. The van der Waals surface area contributed by atoms with Crippen LogP contribution in [0, 0.1) is 11.6 Å². The van der Waals surface area contributed by atoms with Crippen molar-refractivity contribution in [3.63, 3.8) is 0 Å². The fourth-order valence-corrected chi connectivity index (χ4v) is 3.06. The zero-order chi connectivity index (χ0) is 13.6. The molecule has 2 aromatic carbocycles. The minimum atomic E-state index is -0.759. The minimum Gasteiger partial charge on any atom is -0.396 e. The largest absolute Gasteiger partial charge is 0.396 e. The van der Waals surface area contributed by atoms with Crippen molar-refractivity contribution in [3.05, 3.63) is 46.4 Å². The quantitative estimate of drug-likeness (QED) is 0.658. The first-order valence-electron chi connectivity index (χ1n) is 5.35. The summed E-state index contributed by atoms with van der Waals surface area (Å²) in [5.41, 5.74) is 6.37. The van der Waals surface area contributed by atoms with Crippen molar-refractivity contribution in [2.75, 3.05) is 5.73 Å². The number of benzene rings is 2. The Bertz CT molecular complexity index is 786. The maximum atomic E-state index is 13.8. The smallest absolute Gasteiger partial charge is 0.149 e. The molecule has 2 N–H and O–H groups in total. The molecule has 0 aliphatic rings. The van der Waals surface area contributed by atoms with Gasteiger partial charge in [-0.15, -0.1) is 11.3 Å². The van der Waals surface area contributed by atoms with E-state index >= 15 is 0 Å². The number of halogens is 3. The minimum absolute atomic E-state index is 0.0863. The van der Waals surface area contributed by atoms with Gasteiger partial charge in [0.05, 0.1) is 15.9 Å². The molecule has 0 spiro atoms. The number of aromatic nitrogens is 1. The fraction of sp³-hybridized carbons (Fsp3) is 0. The summed E-state index contributed by atoms with van der Waals surface area (Å²) < 4.78 is 28.8. The molecule has 0 aliphatic carbocycles. The summed E-state index contributed by atoms with van der Waals surface area (Å²) in [6.07, 6.45) is 0. The second kappa shape index (κ2) is 4.54. The van der Waals surface area contributed by atoms with Crippen LogP contribution in [-0.2, 0) is 0 Å². The molecule has 0 saturated heterocycles. The van der Waals surface area contributed by atoms with E-state index in [1.54, 1.807) is 0 Å². The number of nitrogens with zero attached hydrogens (tertiary/aromatic N) is 1. The van der Waals surface area contributed by atoms with Crippen LogP contribution in [0.3, 0.4) is 0 Å². The van der Waals surface area contributed by atoms with Crippen LogP contribution in [0.1, 0.15) is 0 Å². The van der Waals surface area contributed by atoms with Gasteiger partial charge < -0.3 is 5.73 Å². The lowest BCUT2D eigenvalue weighted by Crippen LogP contribution is -1.94. The van der Waals surface area contributed by atoms with E-state index in [4.69, 9.17) is 5.73 Å². The van der Waals surface area contributed by atoms with E-state index in [1.807, 2.05) is 18.2 Å². The number of rotatable bonds is 1. The molecule has 19 heavy (non-hydrogen) atoms. The zero-order valence-corrected chi connectivity index (χ0v) is 11.9. The fourth-order valence-electron chi connectivity index (χ4n) is 1.75. The van der Waals surface area contributed by atoms with Crippen molar-refractivity contribution >= 4 is 43.2 Å². The van der Waals surface area contributed by atoms with Gasteiger partial charge in [0.25, 0.3) is 0 Å². The maximum Gasteiger partial charge on any atom is 0.149 e. The van der Waals surface area contributed by atoms with Crippen molar-refractivity contribution in [3.8, 4) is 10.6 Å². The summed E-state index contributed by atoms with van der Waals surface area (Å²) in [4.78, 5) is 4.35. The standard InChI is InChI=1S/C13H7BrF2N2S/c14-6-1-2-12-11(3-6)18-13(19-12)7-4-10(17)9(16)5-8(7)15/h1-5H,17H2. The Morgan fingerprint density at radius 2 is 1.89 bits per heavy atom. The molecule has 0 aliphatic heterocycles. The van der Waals surface area contributed by atoms with Gasteiger partial charge in [-0.25, -0.2) is 13.8 Å². The molecule has 0 fully saturated rings. The average molecular weight is 341 g/mol. The molecule has 0 atom stereocenters. The van der Waals surface area contributed by atoms with E-state index < -0.39 is 11.6 Å². The van der Waals surface area contributed by atoms with Gasteiger partial charge in [-0.05, 0) is 24.3 Å². The Balaban J connectivity index is 2.21. The number of anilines is 1. The highest BCUT2D eigenvalue weighted by Crippen LogP contribution is 2.34. The van der Waals surface area contributed by atoms with Crippen LogP contribution in [0.25, 0.3) is 20.8 Å². The van der Waals surface area contributed by atoms with Crippen LogP contribution >= 0.6 is 27.3 Å². The first-order chi connectivity index (χ1) is 9.04. The second-order valence-corrected chi connectivity index (χ2v) is 5.93. The normalized spacial score (nSPS) is 11.1. The first kappa shape index (κ1) is 12.5. The van der Waals surface area contributed by atoms with Crippen LogP contribution in [-0.4, -0.2) is 4.98 Å². The summed E-state index contributed by atoms with van der Waals surface area (Å²) in [5, 5.41) is 0.484. The average Bonchev–Trinajstić information content (AvgIpc) is 2.76. The number of hydrogen-bond donors (Lipinski definition) is 1. The summed E-state index contributed by atoms with van der Waals surface area (Å²) in [5.74, 6) is -1.42. The molecule has 1 heterocycles. The monoisotopic (exact) mass is 340 g/mol. The van der Waals surface area contributed by atoms with E-state index in [0.717, 1.165) is 20.8 Å². The molecule has 1 aromatic heterocycles. The van der Waals surface area contributed by atoms with Gasteiger partial charge in [0.2, 0.25) is 0 Å². The van der Waals surface area contributed by atoms with E-state index in [9.17, 15) is 8.78 Å². The van der Waals surface area contributed by atoms with Gasteiger partial charge in [-0.2, -0.15) is 0 Å². The van der Waals surface area contributed by atoms with Gasteiger partial charge in [0.15, 0.2) is 0 Å². The highest BCUT2D eigenvalue weighted by atomic mass is 79.9. The van der Waals surface area contributed by atoms with E-state index in [-0.39, 0.29) is 11.3 Å². The number of hydrogen-bond acceptors (Lipinski definition) is 3. The molecule has 96 valence electrons. The van der Waals surface area contributed by atoms with Crippen LogP contribution in [0.4, 0.5) is 14.5 Å². The van der Waals surface area contributed by atoms with Crippen LogP contribution in [0.2, 0.25) is 0 Å². The number of fused-ring (bicyclic) bond motifs is 1. The van der Waals surface area contributed by atoms with Crippen molar-refractivity contribution in [1.29, 1.82) is 0 Å². The van der Waals surface area contributed by atoms with E-state index in [2.05, 4.69) is 20.9 Å². The maximum absolute atomic E-state index is 13.8. The summed E-state index contributed by atoms with van der Waals surface area (Å²) in [7, 11) is 0. The van der Waals surface area contributed by atoms with E-state index in [0.29, 0.717) is 5.01 Å². The van der Waals surface area contributed by atoms with Crippen molar-refractivity contribution < 1.29 is 8.78 Å². The van der Waals surface area contributed by atoms with Crippen molar-refractivity contribution in [2.24, 2.45) is 0 Å². The third-order valence-electron chi connectivity index (χ3n) is 2.67. The molecular weight excluding hydrogens is 334 g/mol. The number of nitrogens with two attached hydrogens (primary N) is 1. The summed E-state index contributed by atoms with van der Waals surface area (Å²) in [6, 6.07) is 7.69. The Labute approximate surface area is 120 Å². The predicted octanol–water partition coefficient (Wildman–Crippen LogP) is 4.59. The molecule has 0 amide bonds. The van der Waals surface area contributed by atoms with Crippen molar-refractivity contribution in [2.45, 2.75) is 0 Å². The Hall–Kier alpha value is -1.53. The molecule has 6 heteroatoms. The van der Waals surface area contributed by atoms with Crippen LogP contribution < -0.4 is 5.73 Å². The third-order valence-corrected chi connectivity index (χ3v) is 4.23. The van der Waals surface area contributed by atoms with Gasteiger partial charge >= 0.3 is 0 Å². The highest BCUT2D eigenvalue weighted by Gasteiger charge is 2.14. The predicted molar refractivity (Wildman–Crippen MR) is 77.1 cm³/mol. The lowest BCUT2D eigenvalue weighted by atomic mass is 10.2. The molecule has 0 unspecified atom stereocenters. The Morgan fingerprint density at radius 3 is 2.68 bits per heavy atom. The summed E-state index contributed by atoms with van der Waals surface area (Å²) >= 11 is 4.69. The lowest BCUT2D eigenvalue weighted by Gasteiger charge is -2.01. The Kier molecular flexibility index (Phi) is 2.99. The molecule has 3 rings (SSSR count). The van der Waals surface area contributed by atoms with E-state index in [1.165, 1.54) is 17.4 Å². The number of thiazole rings is 1. The Morgan fingerprint density at radius 1 is 1.11 bits per heavy atom. The molecule has 3 aromatic rings. The molecular formula is C13H7BrF2N2S. The van der Waals surface area contributed by atoms with Gasteiger partial charge in [0.1, 0.15) is 16.6 Å². The molecule has 0 bridgehead atoms. The lowest BCUT2D eigenvalue weighted by molar-refractivity contribution is 0.588. The topological polar surface area (TPSA) is 38.9 Å². The van der Waals surface area contributed by atoms with Crippen LogP contribution in [0.15, 0.2) is 34.8 Å².